The van der Waals surface area contributed by atoms with Crippen LogP contribution in [0.15, 0.2) is 60.7 Å². The van der Waals surface area contributed by atoms with Crippen LogP contribution in [0.2, 0.25) is 0 Å². The summed E-state index contributed by atoms with van der Waals surface area (Å²) in [5.74, 6) is -3.75. The minimum absolute atomic E-state index is 0.0165. The summed E-state index contributed by atoms with van der Waals surface area (Å²) in [4.78, 5) is 63.8. The lowest BCUT2D eigenvalue weighted by atomic mass is 9.92. The lowest BCUT2D eigenvalue weighted by Crippen LogP contribution is -2.51. The average molecular weight is 546 g/mol. The maximum absolute atomic E-state index is 13.4. The summed E-state index contributed by atoms with van der Waals surface area (Å²) in [6, 6.07) is 13.0. The van der Waals surface area contributed by atoms with E-state index in [9.17, 15) is 29.1 Å². The Morgan fingerprint density at radius 1 is 0.875 bits per heavy atom. The van der Waals surface area contributed by atoms with Crippen molar-refractivity contribution in [2.75, 3.05) is 6.54 Å². The zero-order valence-electron chi connectivity index (χ0n) is 22.2. The second-order valence-corrected chi connectivity index (χ2v) is 10.3. The van der Waals surface area contributed by atoms with Crippen molar-refractivity contribution in [3.8, 4) is 0 Å². The maximum Gasteiger partial charge on any atom is 0.335 e. The van der Waals surface area contributed by atoms with Crippen LogP contribution in [0.3, 0.4) is 0 Å². The number of ketones is 1. The van der Waals surface area contributed by atoms with Crippen LogP contribution in [0.5, 0.6) is 0 Å². The fourth-order valence-electron chi connectivity index (χ4n) is 4.91. The van der Waals surface area contributed by atoms with Gasteiger partial charge in [-0.3, -0.25) is 29.4 Å². The molecule has 0 bridgehead atoms. The van der Waals surface area contributed by atoms with Crippen molar-refractivity contribution in [1.82, 2.24) is 10.2 Å². The number of imide groups is 1. The van der Waals surface area contributed by atoms with E-state index in [0.717, 1.165) is 15.7 Å². The van der Waals surface area contributed by atoms with E-state index < -0.39 is 47.7 Å². The number of rotatable bonds is 12. The summed E-state index contributed by atoms with van der Waals surface area (Å²) >= 11 is 0. The van der Waals surface area contributed by atoms with Gasteiger partial charge in [0.25, 0.3) is 11.8 Å². The first-order valence-electron chi connectivity index (χ1n) is 13.0. The van der Waals surface area contributed by atoms with E-state index in [1.165, 1.54) is 24.3 Å². The van der Waals surface area contributed by atoms with Crippen LogP contribution in [-0.4, -0.2) is 63.3 Å². The second-order valence-electron chi connectivity index (χ2n) is 10.3. The lowest BCUT2D eigenvalue weighted by molar-refractivity contribution is -0.140. The number of carboxylic acids is 2. The molecule has 4 rings (SSSR count). The lowest BCUT2D eigenvalue weighted by Gasteiger charge is -2.27. The number of nitrogens with zero attached hydrogens (tertiary/aromatic N) is 1. The predicted molar refractivity (Wildman–Crippen MR) is 147 cm³/mol. The highest BCUT2D eigenvalue weighted by atomic mass is 16.4. The molecule has 0 fully saturated rings. The molecular formula is C30H31N3O7. The number of carboxylic acid groups (broad SMARTS) is 2. The Kier molecular flexibility index (Phi) is 8.41. The molecule has 10 heteroatoms. The van der Waals surface area contributed by atoms with E-state index in [-0.39, 0.29) is 35.6 Å². The smallest absolute Gasteiger partial charge is 0.335 e. The second kappa shape index (κ2) is 11.8. The van der Waals surface area contributed by atoms with E-state index in [4.69, 9.17) is 10.8 Å². The van der Waals surface area contributed by atoms with Crippen LogP contribution in [0.4, 0.5) is 0 Å². The molecule has 0 aliphatic carbocycles. The molecule has 208 valence electrons. The van der Waals surface area contributed by atoms with Crippen molar-refractivity contribution in [2.24, 2.45) is 11.7 Å². The Morgan fingerprint density at radius 3 is 1.90 bits per heavy atom. The molecule has 5 N–H and O–H groups in total. The fourth-order valence-corrected chi connectivity index (χ4v) is 4.91. The molecule has 10 nitrogen and oxygen atoms in total. The molecule has 40 heavy (non-hydrogen) atoms. The van der Waals surface area contributed by atoms with Crippen molar-refractivity contribution in [2.45, 2.75) is 44.8 Å². The van der Waals surface area contributed by atoms with Crippen molar-refractivity contribution in [3.63, 3.8) is 0 Å². The summed E-state index contributed by atoms with van der Waals surface area (Å²) in [6.07, 6.45) is 0.174. The molecule has 1 aliphatic rings. The number of aliphatic carboxylic acids is 1. The molecular weight excluding hydrogens is 514 g/mol. The van der Waals surface area contributed by atoms with E-state index in [1.54, 1.807) is 12.1 Å². The number of amides is 2. The first-order chi connectivity index (χ1) is 19.0. The maximum atomic E-state index is 13.4. The molecule has 0 saturated heterocycles. The number of carbonyl (C=O) groups is 5. The van der Waals surface area contributed by atoms with Crippen LogP contribution in [0.25, 0.3) is 10.8 Å². The number of benzene rings is 3. The fraction of sp³-hybridized carbons (Fsp3) is 0.300. The zero-order valence-corrected chi connectivity index (χ0v) is 22.2. The van der Waals surface area contributed by atoms with Gasteiger partial charge in [-0.25, -0.2) is 4.79 Å². The highest BCUT2D eigenvalue weighted by Gasteiger charge is 2.37. The van der Waals surface area contributed by atoms with Crippen LogP contribution >= 0.6 is 0 Å². The summed E-state index contributed by atoms with van der Waals surface area (Å²) in [5, 5.41) is 23.6. The molecule has 2 unspecified atom stereocenters. The molecule has 3 atom stereocenters. The Bertz CT molecular complexity index is 1430. The third-order valence-electron chi connectivity index (χ3n) is 7.05. The monoisotopic (exact) mass is 545 g/mol. The van der Waals surface area contributed by atoms with Crippen LogP contribution < -0.4 is 11.1 Å². The molecule has 3 aromatic rings. The van der Waals surface area contributed by atoms with Gasteiger partial charge in [0.1, 0.15) is 6.04 Å². The summed E-state index contributed by atoms with van der Waals surface area (Å²) in [5.41, 5.74) is 7.21. The molecule has 1 heterocycles. The Morgan fingerprint density at radius 2 is 1.43 bits per heavy atom. The first-order valence-corrected chi connectivity index (χ1v) is 13.0. The number of Topliss-reactive ketones (excluding diaryl/α,β-unsaturated/α-hetero) is 1. The number of nitrogens with two attached hydrogens (primary N) is 1. The number of nitrogens with one attached hydrogen (secondary N) is 1. The summed E-state index contributed by atoms with van der Waals surface area (Å²) in [7, 11) is 0. The van der Waals surface area contributed by atoms with Gasteiger partial charge in [-0.05, 0) is 59.4 Å². The number of carbonyl (C=O) groups excluding carboxylic acids is 3. The minimum atomic E-state index is -1.24. The molecule has 1 aliphatic heterocycles. The molecule has 0 aromatic heterocycles. The van der Waals surface area contributed by atoms with Gasteiger partial charge in [-0.15, -0.1) is 0 Å². The van der Waals surface area contributed by atoms with Gasteiger partial charge in [0, 0.05) is 6.54 Å². The molecule has 3 aromatic carbocycles. The Hall–Kier alpha value is -4.41. The van der Waals surface area contributed by atoms with E-state index in [0.29, 0.717) is 12.0 Å². The van der Waals surface area contributed by atoms with Gasteiger partial charge in [0.2, 0.25) is 0 Å². The van der Waals surface area contributed by atoms with Crippen molar-refractivity contribution >= 4 is 40.3 Å². The number of aromatic carboxylic acids is 1. The van der Waals surface area contributed by atoms with E-state index in [1.807, 2.05) is 38.1 Å². The summed E-state index contributed by atoms with van der Waals surface area (Å²) in [6.45, 7) is 3.61. The highest BCUT2D eigenvalue weighted by Crippen LogP contribution is 2.28. The largest absolute Gasteiger partial charge is 0.480 e. The number of hydrogen-bond donors (Lipinski definition) is 4. The van der Waals surface area contributed by atoms with Gasteiger partial charge in [-0.1, -0.05) is 50.2 Å². The zero-order chi connectivity index (χ0) is 29.1. The van der Waals surface area contributed by atoms with Gasteiger partial charge >= 0.3 is 11.9 Å². The third kappa shape index (κ3) is 5.93. The van der Waals surface area contributed by atoms with Crippen molar-refractivity contribution < 1.29 is 34.2 Å². The van der Waals surface area contributed by atoms with Gasteiger partial charge in [0.15, 0.2) is 5.78 Å². The minimum Gasteiger partial charge on any atom is -0.480 e. The third-order valence-corrected chi connectivity index (χ3v) is 7.05. The Labute approximate surface area is 230 Å². The quantitative estimate of drug-likeness (QED) is 0.250. The Balaban J connectivity index is 1.49. The topological polar surface area (TPSA) is 167 Å². The number of fused-ring (bicyclic) bond motifs is 2. The standard InChI is InChI=1S/C30H31N3O7/c1-16(2)13-24(26(34)25(31)17-7-9-18(10-8-17)29(37)38)32-23(30(39)40)11-12-33-27(35)21-14-19-5-3-4-6-20(19)15-22(21)28(33)36/h3-10,14-16,23-25,32H,11-13,31H2,1-2H3,(H,37,38)(H,39,40)/t23-,24?,25?/m0/s1. The van der Waals surface area contributed by atoms with Crippen LogP contribution in [-0.2, 0) is 9.59 Å². The highest BCUT2D eigenvalue weighted by molar-refractivity contribution is 6.23. The molecule has 2 amide bonds. The normalized spacial score (nSPS) is 15.2. The first kappa shape index (κ1) is 28.6. The van der Waals surface area contributed by atoms with E-state index in [2.05, 4.69) is 5.32 Å². The van der Waals surface area contributed by atoms with Crippen LogP contribution in [0.1, 0.15) is 69.4 Å². The van der Waals surface area contributed by atoms with Crippen LogP contribution in [0, 0.1) is 5.92 Å². The van der Waals surface area contributed by atoms with Crippen molar-refractivity contribution in [3.05, 3.63) is 82.9 Å². The van der Waals surface area contributed by atoms with Gasteiger partial charge < -0.3 is 15.9 Å². The average Bonchev–Trinajstić information content (AvgIpc) is 3.16. The SMILES string of the molecule is CC(C)CC(N[C@@H](CCN1C(=O)c2cc3ccccc3cc2C1=O)C(=O)O)C(=O)C(N)c1ccc(C(=O)O)cc1. The summed E-state index contributed by atoms with van der Waals surface area (Å²) < 4.78 is 0. The predicted octanol–water partition coefficient (Wildman–Crippen LogP) is 3.25. The molecule has 0 spiro atoms. The van der Waals surface area contributed by atoms with Crippen molar-refractivity contribution in [1.29, 1.82) is 0 Å². The molecule has 0 radical (unpaired) electrons. The van der Waals surface area contributed by atoms with E-state index >= 15 is 0 Å². The molecule has 0 saturated carbocycles. The number of hydrogen-bond acceptors (Lipinski definition) is 7. The van der Waals surface area contributed by atoms with Gasteiger partial charge in [-0.2, -0.15) is 0 Å². The van der Waals surface area contributed by atoms with Gasteiger partial charge in [0.05, 0.1) is 28.8 Å².